The molecule has 4 heterocycles. The van der Waals surface area contributed by atoms with Crippen molar-refractivity contribution in [2.24, 2.45) is 22.6 Å². The number of aromatic nitrogens is 1. The molecule has 4 atom stereocenters. The number of aliphatic imine (C=N–C) groups is 1. The van der Waals surface area contributed by atoms with E-state index in [1.165, 1.54) is 17.5 Å². The highest BCUT2D eigenvalue weighted by Crippen LogP contribution is 2.34. The Bertz CT molecular complexity index is 850. The molecule has 0 amide bonds. The Kier molecular flexibility index (Phi) is 4.54. The number of carbonyl (C=O) groups is 2. The van der Waals surface area contributed by atoms with Gasteiger partial charge < -0.3 is 20.8 Å². The van der Waals surface area contributed by atoms with E-state index in [4.69, 9.17) is 10.7 Å². The molecule has 1 aromatic heterocycles. The number of fused-ring (bicyclic) bond motifs is 1. The number of Topliss-reactive ketones (excluding diaryl/α,β-unsaturated/α-hetero) is 1. The largest absolute Gasteiger partial charge is 0.478 e. The molecule has 0 saturated carbocycles. The first-order valence-corrected chi connectivity index (χ1v) is 9.42. The molecule has 4 N–H and O–H groups in total. The quantitative estimate of drug-likeness (QED) is 0.598. The van der Waals surface area contributed by atoms with Gasteiger partial charge in [-0.15, -0.1) is 11.3 Å². The summed E-state index contributed by atoms with van der Waals surface area (Å²) in [5.74, 6) is -1.78. The third-order valence-electron chi connectivity index (χ3n) is 5.08. The van der Waals surface area contributed by atoms with E-state index in [1.54, 1.807) is 28.6 Å². The van der Waals surface area contributed by atoms with Crippen LogP contribution in [0, 0.1) is 11.8 Å². The van der Waals surface area contributed by atoms with Gasteiger partial charge in [0.05, 0.1) is 5.92 Å². The molecular formula is C17H19N5O4S. The summed E-state index contributed by atoms with van der Waals surface area (Å²) < 4.78 is 0. The molecule has 142 valence electrons. The second kappa shape index (κ2) is 6.87. The van der Waals surface area contributed by atoms with Crippen molar-refractivity contribution in [2.45, 2.75) is 12.2 Å². The van der Waals surface area contributed by atoms with E-state index in [-0.39, 0.29) is 24.1 Å². The summed E-state index contributed by atoms with van der Waals surface area (Å²) in [5, 5.41) is 21.2. The van der Waals surface area contributed by atoms with Crippen molar-refractivity contribution in [2.75, 3.05) is 24.6 Å². The van der Waals surface area contributed by atoms with Crippen LogP contribution < -0.4 is 10.6 Å². The predicted molar refractivity (Wildman–Crippen MR) is 99.3 cm³/mol. The number of hydrogen-bond acceptors (Lipinski definition) is 9. The predicted octanol–water partition coefficient (Wildman–Crippen LogP) is -0.337. The third-order valence-corrected chi connectivity index (χ3v) is 5.87. The van der Waals surface area contributed by atoms with E-state index < -0.39 is 23.8 Å². The highest BCUT2D eigenvalue weighted by atomic mass is 32.1. The Hall–Kier alpha value is -2.56. The zero-order valence-corrected chi connectivity index (χ0v) is 15.1. The Morgan fingerprint density at radius 3 is 2.85 bits per heavy atom. The molecule has 10 heteroatoms. The summed E-state index contributed by atoms with van der Waals surface area (Å²) >= 11 is 1.34. The van der Waals surface area contributed by atoms with Crippen LogP contribution in [0.3, 0.4) is 0 Å². The molecule has 0 radical (unpaired) electrons. The fraction of sp³-hybridized carbons (Fsp3) is 0.412. The standard InChI is InChI=1S/C17H19N5O4S/c18-12-7-21(5-9(12)8-23)13-2-1-10-14(24)11(16(25)26)6-22(15(10)20-13)17-19-3-4-27-17/h1-4,6,9-10,12,15,23H,5,7-8,18H2,(H,25,26)/t9-,10?,12+,15?/m1/s1. The topological polar surface area (TPSA) is 132 Å². The second-order valence-corrected chi connectivity index (χ2v) is 7.60. The third kappa shape index (κ3) is 3.05. The van der Waals surface area contributed by atoms with Gasteiger partial charge in [0.2, 0.25) is 0 Å². The minimum absolute atomic E-state index is 0.00908. The molecule has 1 fully saturated rings. The van der Waals surface area contributed by atoms with E-state index in [0.29, 0.717) is 24.1 Å². The number of nitrogens with two attached hydrogens (primary N) is 1. The summed E-state index contributed by atoms with van der Waals surface area (Å²) in [4.78, 5) is 36.7. The number of aliphatic hydroxyl groups is 1. The Morgan fingerprint density at radius 2 is 2.22 bits per heavy atom. The van der Waals surface area contributed by atoms with Gasteiger partial charge in [-0.25, -0.2) is 14.8 Å². The Morgan fingerprint density at radius 1 is 1.41 bits per heavy atom. The lowest BCUT2D eigenvalue weighted by Crippen LogP contribution is -2.48. The van der Waals surface area contributed by atoms with Gasteiger partial charge in [-0.1, -0.05) is 6.08 Å². The van der Waals surface area contributed by atoms with Crippen molar-refractivity contribution >= 4 is 34.1 Å². The summed E-state index contributed by atoms with van der Waals surface area (Å²) in [6.45, 7) is 1.15. The first-order valence-electron chi connectivity index (χ1n) is 8.54. The number of likely N-dealkylation sites (tertiary alicyclic amines) is 1. The van der Waals surface area contributed by atoms with Crippen LogP contribution in [0.15, 0.2) is 40.5 Å². The van der Waals surface area contributed by atoms with Crippen LogP contribution in [0.4, 0.5) is 5.13 Å². The van der Waals surface area contributed by atoms with Crippen molar-refractivity contribution in [3.63, 3.8) is 0 Å². The second-order valence-electron chi connectivity index (χ2n) is 6.73. The van der Waals surface area contributed by atoms with Crippen LogP contribution in [-0.4, -0.2) is 69.6 Å². The molecule has 3 aliphatic heterocycles. The molecule has 0 bridgehead atoms. The number of anilines is 1. The number of nitrogens with zero attached hydrogens (tertiary/aromatic N) is 4. The van der Waals surface area contributed by atoms with Gasteiger partial charge in [-0.05, 0) is 6.08 Å². The number of ketones is 1. The number of thiazole rings is 1. The first kappa shape index (κ1) is 17.8. The number of carboxylic acids is 1. The Labute approximate surface area is 159 Å². The molecule has 4 rings (SSSR count). The number of hydrogen-bond donors (Lipinski definition) is 3. The van der Waals surface area contributed by atoms with Gasteiger partial charge in [-0.2, -0.15) is 0 Å². The van der Waals surface area contributed by atoms with Crippen molar-refractivity contribution < 1.29 is 19.8 Å². The summed E-state index contributed by atoms with van der Waals surface area (Å²) in [7, 11) is 0. The van der Waals surface area contributed by atoms with Crippen molar-refractivity contribution in [3.05, 3.63) is 35.5 Å². The number of aliphatic carboxylic acids is 1. The first-order chi connectivity index (χ1) is 13.0. The molecule has 2 unspecified atom stereocenters. The van der Waals surface area contributed by atoms with Gasteiger partial charge in [-0.3, -0.25) is 9.69 Å². The van der Waals surface area contributed by atoms with Crippen LogP contribution in [0.2, 0.25) is 0 Å². The highest BCUT2D eigenvalue weighted by molar-refractivity contribution is 7.13. The maximum atomic E-state index is 12.6. The van der Waals surface area contributed by atoms with Crippen LogP contribution in [-0.2, 0) is 9.59 Å². The van der Waals surface area contributed by atoms with E-state index in [2.05, 4.69) is 4.98 Å². The van der Waals surface area contributed by atoms with Crippen molar-refractivity contribution in [3.8, 4) is 0 Å². The average molecular weight is 389 g/mol. The summed E-state index contributed by atoms with van der Waals surface area (Å²) in [5.41, 5.74) is 5.79. The van der Waals surface area contributed by atoms with E-state index in [0.717, 1.165) is 0 Å². The monoisotopic (exact) mass is 389 g/mol. The van der Waals surface area contributed by atoms with E-state index in [9.17, 15) is 19.8 Å². The molecular weight excluding hydrogens is 370 g/mol. The SMILES string of the molecule is N[C@H]1CN(C2=NC3C(C=C2)C(=O)C(C(=O)O)=CN3c2nccs2)C[C@@H]1CO. The number of dihydropyridines is 1. The van der Waals surface area contributed by atoms with Gasteiger partial charge in [0, 0.05) is 49.4 Å². The number of aliphatic hydroxyl groups excluding tert-OH is 1. The summed E-state index contributed by atoms with van der Waals surface area (Å²) in [6.07, 6.45) is 5.77. The van der Waals surface area contributed by atoms with Crippen molar-refractivity contribution in [1.29, 1.82) is 0 Å². The molecule has 0 aliphatic carbocycles. The zero-order valence-electron chi connectivity index (χ0n) is 14.3. The van der Waals surface area contributed by atoms with Gasteiger partial charge in [0.15, 0.2) is 10.9 Å². The zero-order chi connectivity index (χ0) is 19.1. The Balaban J connectivity index is 1.70. The smallest absolute Gasteiger partial charge is 0.340 e. The van der Waals surface area contributed by atoms with Crippen LogP contribution in [0.5, 0.6) is 0 Å². The molecule has 1 saturated heterocycles. The molecule has 1 aromatic rings. The van der Waals surface area contributed by atoms with Gasteiger partial charge >= 0.3 is 5.97 Å². The van der Waals surface area contributed by atoms with Crippen LogP contribution in [0.1, 0.15) is 0 Å². The molecule has 3 aliphatic rings. The number of amidine groups is 1. The molecule has 0 aromatic carbocycles. The van der Waals surface area contributed by atoms with Gasteiger partial charge in [0.25, 0.3) is 0 Å². The average Bonchev–Trinajstić information content (AvgIpc) is 3.31. The maximum Gasteiger partial charge on any atom is 0.340 e. The van der Waals surface area contributed by atoms with Crippen molar-refractivity contribution in [1.82, 2.24) is 9.88 Å². The minimum Gasteiger partial charge on any atom is -0.478 e. The fourth-order valence-electron chi connectivity index (χ4n) is 3.60. The minimum atomic E-state index is -1.26. The number of rotatable bonds is 3. The molecule has 27 heavy (non-hydrogen) atoms. The number of carboxylic acid groups (broad SMARTS) is 1. The van der Waals surface area contributed by atoms with E-state index in [1.807, 2.05) is 4.90 Å². The summed E-state index contributed by atoms with van der Waals surface area (Å²) in [6, 6.07) is -0.148. The van der Waals surface area contributed by atoms with Crippen LogP contribution in [0.25, 0.3) is 0 Å². The lowest BCUT2D eigenvalue weighted by Gasteiger charge is -2.37. The molecule has 0 spiro atoms. The normalized spacial score (nSPS) is 30.2. The maximum absolute atomic E-state index is 12.6. The highest BCUT2D eigenvalue weighted by Gasteiger charge is 2.42. The lowest BCUT2D eigenvalue weighted by molar-refractivity contribution is -0.135. The molecule has 9 nitrogen and oxygen atoms in total. The number of carbonyl (C=O) groups excluding carboxylic acids is 1. The fourth-order valence-corrected chi connectivity index (χ4v) is 4.25. The van der Waals surface area contributed by atoms with Crippen LogP contribution >= 0.6 is 11.3 Å². The van der Waals surface area contributed by atoms with E-state index >= 15 is 0 Å². The van der Waals surface area contributed by atoms with Gasteiger partial charge in [0.1, 0.15) is 17.6 Å². The lowest BCUT2D eigenvalue weighted by atomic mass is 9.89.